The summed E-state index contributed by atoms with van der Waals surface area (Å²) in [7, 11) is 0. The summed E-state index contributed by atoms with van der Waals surface area (Å²) in [4.78, 5) is 2.73. The number of hydrogen-bond donors (Lipinski definition) is 2. The van der Waals surface area contributed by atoms with Crippen molar-refractivity contribution in [1.29, 1.82) is 5.26 Å². The summed E-state index contributed by atoms with van der Waals surface area (Å²) in [6.07, 6.45) is 7.54. The quantitative estimate of drug-likeness (QED) is 0.770. The summed E-state index contributed by atoms with van der Waals surface area (Å²) in [5, 5.41) is 13.4. The van der Waals surface area contributed by atoms with E-state index >= 15 is 0 Å². The lowest BCUT2D eigenvalue weighted by molar-refractivity contribution is 0.00581. The molecule has 4 aliphatic rings. The molecule has 2 saturated heterocycles. The van der Waals surface area contributed by atoms with E-state index in [0.29, 0.717) is 41.5 Å². The highest BCUT2D eigenvalue weighted by Gasteiger charge is 2.47. The average molecular weight is 395 g/mol. The topological polar surface area (TPSA) is 65.1 Å². The Balaban J connectivity index is 1.51. The highest BCUT2D eigenvalue weighted by atomic mass is 32.2. The van der Waals surface area contributed by atoms with Gasteiger partial charge in [0.2, 0.25) is 0 Å². The van der Waals surface area contributed by atoms with Crippen LogP contribution in [0.25, 0.3) is 0 Å². The van der Waals surface area contributed by atoms with Crippen molar-refractivity contribution in [3.63, 3.8) is 0 Å². The van der Waals surface area contributed by atoms with Crippen LogP contribution >= 0.6 is 11.8 Å². The number of nitrogens with zero attached hydrogens (tertiary/aromatic N) is 2. The number of nitrogens with one attached hydrogen (secondary N) is 1. The van der Waals surface area contributed by atoms with Crippen LogP contribution in [-0.2, 0) is 0 Å². The van der Waals surface area contributed by atoms with Crippen LogP contribution in [0.2, 0.25) is 0 Å². The smallest absolute Gasteiger partial charge is 0.116 e. The molecule has 6 heteroatoms. The van der Waals surface area contributed by atoms with Crippen molar-refractivity contribution in [3.8, 4) is 6.07 Å². The van der Waals surface area contributed by atoms with E-state index in [1.165, 1.54) is 19.3 Å². The third-order valence-electron chi connectivity index (χ3n) is 7.78. The first-order chi connectivity index (χ1) is 13.2. The van der Waals surface area contributed by atoms with Crippen molar-refractivity contribution in [3.05, 3.63) is 0 Å². The van der Waals surface area contributed by atoms with Gasteiger partial charge in [0.1, 0.15) is 6.17 Å². The zero-order valence-corrected chi connectivity index (χ0v) is 17.2. The Kier molecular flexibility index (Phi) is 6.64. The summed E-state index contributed by atoms with van der Waals surface area (Å²) < 4.78 is 14.6. The fourth-order valence-electron chi connectivity index (χ4n) is 6.34. The molecule has 2 heterocycles. The molecular formula is C21H35FN4S. The first kappa shape index (κ1) is 19.9. The molecule has 2 aliphatic carbocycles. The number of piperidine rings is 1. The Morgan fingerprint density at radius 2 is 1.93 bits per heavy atom. The van der Waals surface area contributed by atoms with E-state index in [1.54, 1.807) is 0 Å². The highest BCUT2D eigenvalue weighted by molar-refractivity contribution is 8.00. The Morgan fingerprint density at radius 1 is 1.11 bits per heavy atom. The van der Waals surface area contributed by atoms with Crippen LogP contribution in [0, 0.1) is 35.0 Å². The third-order valence-corrected chi connectivity index (χ3v) is 9.06. The number of nitrogens with two attached hydrogens (primary N) is 1. The van der Waals surface area contributed by atoms with Crippen molar-refractivity contribution in [2.75, 3.05) is 25.5 Å². The SMILES string of the molecule is N#CC1CCC(C2CCCC(N3CCC(N)CC3)C2C2CNCS2)CC1F. The highest BCUT2D eigenvalue weighted by Crippen LogP contribution is 2.48. The molecule has 4 nitrogen and oxygen atoms in total. The molecule has 2 aliphatic heterocycles. The van der Waals surface area contributed by atoms with Gasteiger partial charge in [-0.25, -0.2) is 4.39 Å². The molecule has 2 saturated carbocycles. The second-order valence-electron chi connectivity index (χ2n) is 9.24. The lowest BCUT2D eigenvalue weighted by atomic mass is 9.63. The molecule has 4 fully saturated rings. The van der Waals surface area contributed by atoms with Crippen molar-refractivity contribution in [2.45, 2.75) is 74.9 Å². The Bertz CT molecular complexity index is 527. The molecule has 152 valence electrons. The van der Waals surface area contributed by atoms with E-state index in [0.717, 1.165) is 51.2 Å². The monoisotopic (exact) mass is 394 g/mol. The summed E-state index contributed by atoms with van der Waals surface area (Å²) in [6.45, 7) is 3.36. The molecule has 27 heavy (non-hydrogen) atoms. The minimum Gasteiger partial charge on any atom is -0.328 e. The summed E-state index contributed by atoms with van der Waals surface area (Å²) in [5.41, 5.74) is 6.16. The lowest BCUT2D eigenvalue weighted by Gasteiger charge is -2.51. The van der Waals surface area contributed by atoms with Gasteiger partial charge in [0.25, 0.3) is 0 Å². The number of likely N-dealkylation sites (tertiary alicyclic amines) is 1. The molecule has 3 N–H and O–H groups in total. The van der Waals surface area contributed by atoms with Crippen LogP contribution in [-0.4, -0.2) is 53.9 Å². The molecule has 0 bridgehead atoms. The van der Waals surface area contributed by atoms with Crippen LogP contribution in [0.4, 0.5) is 4.39 Å². The molecule has 7 unspecified atom stereocenters. The summed E-state index contributed by atoms with van der Waals surface area (Å²) in [5.74, 6) is 2.42. The summed E-state index contributed by atoms with van der Waals surface area (Å²) in [6, 6.07) is 3.21. The van der Waals surface area contributed by atoms with E-state index in [-0.39, 0.29) is 5.92 Å². The molecule has 0 spiro atoms. The molecule has 7 atom stereocenters. The van der Waals surface area contributed by atoms with E-state index in [4.69, 9.17) is 5.73 Å². The average Bonchev–Trinajstić information content (AvgIpc) is 3.22. The molecular weight excluding hydrogens is 359 g/mol. The second-order valence-corrected chi connectivity index (χ2v) is 10.5. The first-order valence-corrected chi connectivity index (χ1v) is 12.1. The van der Waals surface area contributed by atoms with E-state index in [9.17, 15) is 9.65 Å². The number of hydrogen-bond acceptors (Lipinski definition) is 5. The minimum absolute atomic E-state index is 0.370. The van der Waals surface area contributed by atoms with Crippen LogP contribution in [0.1, 0.15) is 51.4 Å². The molecule has 0 aromatic carbocycles. The zero-order chi connectivity index (χ0) is 18.8. The Morgan fingerprint density at radius 3 is 2.59 bits per heavy atom. The summed E-state index contributed by atoms with van der Waals surface area (Å²) >= 11 is 2.08. The maximum atomic E-state index is 14.6. The maximum absolute atomic E-state index is 14.6. The maximum Gasteiger partial charge on any atom is 0.116 e. The van der Waals surface area contributed by atoms with Crippen molar-refractivity contribution in [1.82, 2.24) is 10.2 Å². The molecule has 0 amide bonds. The Hall–Kier alpha value is -0.350. The number of halogens is 1. The lowest BCUT2D eigenvalue weighted by Crippen LogP contribution is -2.55. The van der Waals surface area contributed by atoms with Gasteiger partial charge in [-0.3, -0.25) is 4.90 Å². The zero-order valence-electron chi connectivity index (χ0n) is 16.4. The van der Waals surface area contributed by atoms with E-state index in [1.807, 2.05) is 0 Å². The van der Waals surface area contributed by atoms with Crippen molar-refractivity contribution < 1.29 is 4.39 Å². The number of rotatable bonds is 3. The van der Waals surface area contributed by atoms with E-state index in [2.05, 4.69) is 28.0 Å². The van der Waals surface area contributed by atoms with Crippen LogP contribution < -0.4 is 11.1 Å². The predicted molar refractivity (Wildman–Crippen MR) is 109 cm³/mol. The van der Waals surface area contributed by atoms with Crippen LogP contribution in [0.15, 0.2) is 0 Å². The minimum atomic E-state index is -0.919. The molecule has 0 radical (unpaired) electrons. The standard InChI is InChI=1S/C21H35FN4S/c22-18-10-14(4-5-15(18)11-23)17-2-1-3-19(21(17)20-12-25-13-27-20)26-8-6-16(24)7-9-26/h14-21,25H,1-10,12-13,24H2. The largest absolute Gasteiger partial charge is 0.328 e. The van der Waals surface area contributed by atoms with Gasteiger partial charge in [0, 0.05) is 29.8 Å². The third kappa shape index (κ3) is 4.32. The van der Waals surface area contributed by atoms with Gasteiger partial charge in [-0.15, -0.1) is 11.8 Å². The predicted octanol–water partition coefficient (Wildman–Crippen LogP) is 3.13. The van der Waals surface area contributed by atoms with Gasteiger partial charge in [-0.1, -0.05) is 6.42 Å². The normalized spacial score (nSPS) is 44.9. The Labute approximate surface area is 167 Å². The van der Waals surface area contributed by atoms with Gasteiger partial charge in [0.15, 0.2) is 0 Å². The van der Waals surface area contributed by atoms with Crippen LogP contribution in [0.3, 0.4) is 0 Å². The van der Waals surface area contributed by atoms with Gasteiger partial charge >= 0.3 is 0 Å². The fraction of sp³-hybridized carbons (Fsp3) is 0.952. The van der Waals surface area contributed by atoms with Gasteiger partial charge in [-0.2, -0.15) is 5.26 Å². The van der Waals surface area contributed by atoms with Crippen LogP contribution in [0.5, 0.6) is 0 Å². The first-order valence-electron chi connectivity index (χ1n) is 11.0. The molecule has 4 rings (SSSR count). The second kappa shape index (κ2) is 8.98. The fourth-order valence-corrected chi connectivity index (χ4v) is 7.63. The number of nitriles is 1. The van der Waals surface area contributed by atoms with Gasteiger partial charge in [-0.05, 0) is 75.8 Å². The molecule has 0 aromatic heterocycles. The number of alkyl halides is 1. The number of thioether (sulfide) groups is 1. The van der Waals surface area contributed by atoms with E-state index < -0.39 is 6.17 Å². The van der Waals surface area contributed by atoms with Gasteiger partial charge in [0.05, 0.1) is 12.0 Å². The van der Waals surface area contributed by atoms with Gasteiger partial charge < -0.3 is 11.1 Å². The van der Waals surface area contributed by atoms with Crippen molar-refractivity contribution in [2.24, 2.45) is 29.4 Å². The molecule has 0 aromatic rings. The van der Waals surface area contributed by atoms with Crippen molar-refractivity contribution >= 4 is 11.8 Å².